The molecule has 0 spiro atoms. The summed E-state index contributed by atoms with van der Waals surface area (Å²) < 4.78 is 10.0. The number of nitrogens with one attached hydrogen (secondary N) is 1. The summed E-state index contributed by atoms with van der Waals surface area (Å²) in [5.41, 5.74) is 0.210. The summed E-state index contributed by atoms with van der Waals surface area (Å²) in [5.74, 6) is -1.37. The number of carbonyl (C=O) groups excluding carboxylic acids is 2. The molecule has 1 amide bonds. The Bertz CT molecular complexity index is 889. The number of hydrogen-bond acceptors (Lipinski definition) is 5. The lowest BCUT2D eigenvalue weighted by atomic mass is 10.1. The molecule has 0 radical (unpaired) electrons. The molecule has 0 aliphatic rings. The lowest BCUT2D eigenvalue weighted by molar-refractivity contribution is -0.132. The first-order valence-corrected chi connectivity index (χ1v) is 7.87. The zero-order valence-electron chi connectivity index (χ0n) is 15.0. The normalized spacial score (nSPS) is 12.1. The van der Waals surface area contributed by atoms with Crippen LogP contribution in [0.5, 0.6) is 5.75 Å². The van der Waals surface area contributed by atoms with Gasteiger partial charge in [-0.3, -0.25) is 4.79 Å². The number of carboxylic acid groups (broad SMARTS) is 1. The van der Waals surface area contributed by atoms with E-state index in [-0.39, 0.29) is 12.1 Å². The molecule has 0 saturated heterocycles. The number of H-pyrrole nitrogens is 1. The number of amides is 1. The number of esters is 1. The molecule has 26 heavy (non-hydrogen) atoms. The lowest BCUT2D eigenvalue weighted by Crippen LogP contribution is -2.24. The Kier molecular flexibility index (Phi) is 5.44. The van der Waals surface area contributed by atoms with Crippen LogP contribution in [-0.4, -0.2) is 39.4 Å². The van der Waals surface area contributed by atoms with Gasteiger partial charge in [-0.15, -0.1) is 0 Å². The maximum Gasteiger partial charge on any atom is 0.434 e. The molecule has 138 valence electrons. The zero-order chi connectivity index (χ0) is 19.5. The summed E-state index contributed by atoms with van der Waals surface area (Å²) in [5, 5.41) is 10.1. The van der Waals surface area contributed by atoms with Gasteiger partial charge < -0.3 is 19.6 Å². The molecule has 0 aliphatic carbocycles. The monoisotopic (exact) mass is 360 g/mol. The fourth-order valence-electron chi connectivity index (χ4n) is 2.28. The average molecular weight is 360 g/mol. The van der Waals surface area contributed by atoms with Crippen molar-refractivity contribution in [3.8, 4) is 5.75 Å². The molecule has 0 atom stereocenters. The highest BCUT2D eigenvalue weighted by Crippen LogP contribution is 2.24. The van der Waals surface area contributed by atoms with Crippen molar-refractivity contribution in [1.82, 2.24) is 4.98 Å². The summed E-state index contributed by atoms with van der Waals surface area (Å²) in [4.78, 5) is 40.8. The van der Waals surface area contributed by atoms with Crippen molar-refractivity contribution in [3.05, 3.63) is 30.0 Å². The van der Waals surface area contributed by atoms with Crippen LogP contribution >= 0.6 is 0 Å². The van der Waals surface area contributed by atoms with Crippen molar-refractivity contribution >= 4 is 34.6 Å². The van der Waals surface area contributed by atoms with Crippen LogP contribution in [0.2, 0.25) is 0 Å². The molecule has 0 bridgehead atoms. The minimum absolute atomic E-state index is 0.0680. The van der Waals surface area contributed by atoms with Crippen molar-refractivity contribution in [2.45, 2.75) is 39.7 Å². The maximum atomic E-state index is 11.8. The summed E-state index contributed by atoms with van der Waals surface area (Å²) in [6, 6.07) is 4.94. The first-order valence-electron chi connectivity index (χ1n) is 7.87. The van der Waals surface area contributed by atoms with Crippen molar-refractivity contribution in [1.29, 1.82) is 0 Å². The van der Waals surface area contributed by atoms with Gasteiger partial charge in [-0.25, -0.2) is 9.59 Å². The van der Waals surface area contributed by atoms with E-state index in [0.29, 0.717) is 16.8 Å². The largest absolute Gasteiger partial charge is 0.477 e. The average Bonchev–Trinajstić information content (AvgIpc) is 2.86. The molecule has 1 aromatic carbocycles. The number of aliphatic imine (C=N–C) groups is 1. The van der Waals surface area contributed by atoms with Crippen LogP contribution in [0.25, 0.3) is 10.9 Å². The quantitative estimate of drug-likeness (QED) is 0.491. The Balaban J connectivity index is 2.27. The number of rotatable bonds is 4. The first kappa shape index (κ1) is 19.2. The Hall–Kier alpha value is -3.16. The van der Waals surface area contributed by atoms with Crippen LogP contribution < -0.4 is 4.74 Å². The van der Waals surface area contributed by atoms with Crippen molar-refractivity contribution < 1.29 is 29.0 Å². The number of hydrogen-bond donors (Lipinski definition) is 2. The molecule has 8 heteroatoms. The third kappa shape index (κ3) is 5.17. The number of carbonyl (C=O) groups is 3. The smallest absolute Gasteiger partial charge is 0.434 e. The molecule has 2 N–H and O–H groups in total. The van der Waals surface area contributed by atoms with E-state index in [1.807, 2.05) is 0 Å². The molecular formula is C18H20N2O6. The van der Waals surface area contributed by atoms with Gasteiger partial charge in [0.15, 0.2) is 0 Å². The lowest BCUT2D eigenvalue weighted by Gasteiger charge is -2.17. The van der Waals surface area contributed by atoms with Gasteiger partial charge in [0.05, 0.1) is 0 Å². The second kappa shape index (κ2) is 7.38. The van der Waals surface area contributed by atoms with Crippen LogP contribution in [0.3, 0.4) is 0 Å². The molecule has 8 nitrogen and oxygen atoms in total. The molecule has 1 aromatic heterocycles. The van der Waals surface area contributed by atoms with Gasteiger partial charge in [-0.2, -0.15) is 4.99 Å². The number of aromatic amines is 1. The number of aliphatic carboxylic acids is 1. The second-order valence-corrected chi connectivity index (χ2v) is 6.64. The van der Waals surface area contributed by atoms with Gasteiger partial charge in [-0.1, -0.05) is 0 Å². The van der Waals surface area contributed by atoms with E-state index in [0.717, 1.165) is 5.39 Å². The van der Waals surface area contributed by atoms with Gasteiger partial charge in [-0.05, 0) is 38.5 Å². The third-order valence-electron chi connectivity index (χ3n) is 3.22. The van der Waals surface area contributed by atoms with E-state index in [1.165, 1.54) is 6.92 Å². The number of benzene rings is 1. The minimum Gasteiger partial charge on any atom is -0.477 e. The molecule has 0 fully saturated rings. The molecule has 2 aromatic rings. The van der Waals surface area contributed by atoms with Crippen LogP contribution in [0, 0.1) is 0 Å². The van der Waals surface area contributed by atoms with Crippen molar-refractivity contribution in [3.63, 3.8) is 0 Å². The second-order valence-electron chi connectivity index (χ2n) is 6.64. The van der Waals surface area contributed by atoms with Gasteiger partial charge in [0.1, 0.15) is 17.1 Å². The fraction of sp³-hybridized carbons (Fsp3) is 0.333. The number of carboxylic acids is 1. The first-order chi connectivity index (χ1) is 12.0. The van der Waals surface area contributed by atoms with E-state index in [4.69, 9.17) is 9.47 Å². The Labute approximate surface area is 149 Å². The summed E-state index contributed by atoms with van der Waals surface area (Å²) in [7, 11) is 0. The Morgan fingerprint density at radius 3 is 2.50 bits per heavy atom. The highest BCUT2D eigenvalue weighted by atomic mass is 16.6. The molecule has 0 unspecified atom stereocenters. The molecule has 2 rings (SSSR count). The summed E-state index contributed by atoms with van der Waals surface area (Å²) >= 11 is 0. The number of fused-ring (bicyclic) bond motifs is 1. The zero-order valence-corrected chi connectivity index (χ0v) is 15.0. The highest BCUT2D eigenvalue weighted by molar-refractivity contribution is 6.37. The highest BCUT2D eigenvalue weighted by Gasteiger charge is 2.20. The molecule has 0 saturated carbocycles. The van der Waals surface area contributed by atoms with E-state index < -0.39 is 23.6 Å². The van der Waals surface area contributed by atoms with Crippen LogP contribution in [0.15, 0.2) is 29.4 Å². The Morgan fingerprint density at radius 2 is 1.92 bits per heavy atom. The molecule has 0 aliphatic heterocycles. The van der Waals surface area contributed by atoms with Gasteiger partial charge in [0.25, 0.3) is 0 Å². The van der Waals surface area contributed by atoms with E-state index in [1.54, 1.807) is 45.2 Å². The third-order valence-corrected chi connectivity index (χ3v) is 3.22. The van der Waals surface area contributed by atoms with Crippen LogP contribution in [-0.2, 0) is 20.7 Å². The fourth-order valence-corrected chi connectivity index (χ4v) is 2.28. The standard InChI is InChI=1S/C18H20N2O6/c1-10(21)25-12-5-6-13-11(9-19-14(13)8-12)7-15(16(22)23)20-17(24)26-18(2,3)4/h5-6,8-9,19H,7H2,1-4H3,(H,22,23)/b20-15-. The molecular weight excluding hydrogens is 340 g/mol. The Morgan fingerprint density at radius 1 is 1.23 bits per heavy atom. The maximum absolute atomic E-state index is 11.8. The topological polar surface area (TPSA) is 118 Å². The van der Waals surface area contributed by atoms with Crippen LogP contribution in [0.1, 0.15) is 33.3 Å². The summed E-state index contributed by atoms with van der Waals surface area (Å²) in [6.45, 7) is 6.31. The van der Waals surface area contributed by atoms with E-state index >= 15 is 0 Å². The predicted molar refractivity (Wildman–Crippen MR) is 94.6 cm³/mol. The van der Waals surface area contributed by atoms with Gasteiger partial charge >= 0.3 is 18.0 Å². The number of aromatic nitrogens is 1. The number of ether oxygens (including phenoxy) is 2. The van der Waals surface area contributed by atoms with Crippen LogP contribution in [0.4, 0.5) is 4.79 Å². The number of nitrogens with zero attached hydrogens (tertiary/aromatic N) is 1. The van der Waals surface area contributed by atoms with E-state index in [9.17, 15) is 19.5 Å². The minimum atomic E-state index is -1.30. The molecule has 1 heterocycles. The predicted octanol–water partition coefficient (Wildman–Crippen LogP) is 3.10. The van der Waals surface area contributed by atoms with Crippen molar-refractivity contribution in [2.24, 2.45) is 4.99 Å². The van der Waals surface area contributed by atoms with Gasteiger partial charge in [0, 0.05) is 36.5 Å². The van der Waals surface area contributed by atoms with Gasteiger partial charge in [0.2, 0.25) is 0 Å². The SMILES string of the molecule is CC(=O)Oc1ccc2c(C/C(=N/C(=O)OC(C)(C)C)C(=O)O)c[nH]c2c1. The van der Waals surface area contributed by atoms with E-state index in [2.05, 4.69) is 9.98 Å². The summed E-state index contributed by atoms with van der Waals surface area (Å²) in [6.07, 6.45) is 0.601. The van der Waals surface area contributed by atoms with Crippen molar-refractivity contribution in [2.75, 3.05) is 0 Å².